The van der Waals surface area contributed by atoms with Gasteiger partial charge < -0.3 is 5.32 Å². The Morgan fingerprint density at radius 1 is 1.31 bits per heavy atom. The first-order chi connectivity index (χ1) is 7.33. The van der Waals surface area contributed by atoms with Crippen LogP contribution in [0.4, 0.5) is 19.0 Å². The van der Waals surface area contributed by atoms with Crippen molar-refractivity contribution in [1.82, 2.24) is 9.97 Å². The summed E-state index contributed by atoms with van der Waals surface area (Å²) < 4.78 is 37.1. The van der Waals surface area contributed by atoms with Gasteiger partial charge >= 0.3 is 6.18 Å². The first kappa shape index (κ1) is 13.2. The van der Waals surface area contributed by atoms with E-state index in [1.165, 1.54) is 0 Å². The van der Waals surface area contributed by atoms with E-state index in [2.05, 4.69) is 31.2 Å². The number of aromatic nitrogens is 2. The highest BCUT2D eigenvalue weighted by Crippen LogP contribution is 2.25. The number of rotatable bonds is 3. The molecule has 1 rings (SSSR count). The van der Waals surface area contributed by atoms with Crippen molar-refractivity contribution in [2.45, 2.75) is 26.4 Å². The number of aryl methyl sites for hydroxylation is 1. The van der Waals surface area contributed by atoms with E-state index in [1.807, 2.05) is 6.92 Å². The molecule has 1 aromatic rings. The highest BCUT2D eigenvalue weighted by Gasteiger charge is 2.30. The number of anilines is 1. The third kappa shape index (κ3) is 3.62. The van der Waals surface area contributed by atoms with Crippen molar-refractivity contribution in [3.63, 3.8) is 0 Å². The Morgan fingerprint density at radius 3 is 2.44 bits per heavy atom. The summed E-state index contributed by atoms with van der Waals surface area (Å²) in [6, 6.07) is 0. The summed E-state index contributed by atoms with van der Waals surface area (Å²) in [5.41, 5.74) is 0.491. The van der Waals surface area contributed by atoms with Crippen LogP contribution in [0.25, 0.3) is 0 Å². The molecule has 1 N–H and O–H groups in total. The second-order valence-electron chi connectivity index (χ2n) is 3.21. The maximum absolute atomic E-state index is 12.2. The van der Waals surface area contributed by atoms with E-state index in [4.69, 9.17) is 0 Å². The molecule has 16 heavy (non-hydrogen) atoms. The fourth-order valence-corrected chi connectivity index (χ4v) is 1.48. The van der Waals surface area contributed by atoms with Gasteiger partial charge in [-0.15, -0.1) is 0 Å². The van der Waals surface area contributed by atoms with Gasteiger partial charge in [-0.05, 0) is 29.8 Å². The van der Waals surface area contributed by atoms with Crippen LogP contribution >= 0.6 is 15.9 Å². The molecule has 3 nitrogen and oxygen atoms in total. The van der Waals surface area contributed by atoms with Gasteiger partial charge in [0.2, 0.25) is 0 Å². The molecule has 1 aromatic heterocycles. The smallest absolute Gasteiger partial charge is 0.369 e. The molecule has 0 saturated heterocycles. The minimum atomic E-state index is -4.29. The van der Waals surface area contributed by atoms with E-state index >= 15 is 0 Å². The fraction of sp³-hybridized carbons (Fsp3) is 0.556. The molecule has 0 radical (unpaired) electrons. The molecule has 1 heterocycles. The van der Waals surface area contributed by atoms with Crippen molar-refractivity contribution >= 4 is 21.7 Å². The van der Waals surface area contributed by atoms with Crippen molar-refractivity contribution in [1.29, 1.82) is 0 Å². The molecule has 0 spiro atoms. The Balaban J connectivity index is 3.04. The molecule has 0 aliphatic heterocycles. The van der Waals surface area contributed by atoms with Crippen LogP contribution in [0.2, 0.25) is 0 Å². The molecule has 0 aliphatic carbocycles. The Labute approximate surface area is 99.6 Å². The molecule has 0 aromatic carbocycles. The van der Waals surface area contributed by atoms with Crippen LogP contribution in [0.3, 0.4) is 0 Å². The molecule has 90 valence electrons. The lowest BCUT2D eigenvalue weighted by Gasteiger charge is -2.11. The predicted molar refractivity (Wildman–Crippen MR) is 58.4 cm³/mol. The molecule has 0 aliphatic rings. The summed E-state index contributed by atoms with van der Waals surface area (Å²) in [4.78, 5) is 7.60. The summed E-state index contributed by atoms with van der Waals surface area (Å²) >= 11 is 3.23. The van der Waals surface area contributed by atoms with Crippen LogP contribution in [-0.4, -0.2) is 22.7 Å². The van der Waals surface area contributed by atoms with Gasteiger partial charge in [-0.2, -0.15) is 13.2 Å². The predicted octanol–water partition coefficient (Wildman–Crippen LogP) is 3.08. The second kappa shape index (κ2) is 4.99. The average molecular weight is 298 g/mol. The lowest BCUT2D eigenvalue weighted by atomic mass is 10.3. The Bertz CT molecular complexity index is 379. The minimum absolute atomic E-state index is 0.218. The van der Waals surface area contributed by atoms with Crippen LogP contribution in [0, 0.1) is 6.92 Å². The largest absolute Gasteiger partial charge is 0.396 e. The summed E-state index contributed by atoms with van der Waals surface area (Å²) in [5, 5.41) is 2.88. The average Bonchev–Trinajstić information content (AvgIpc) is 2.11. The van der Waals surface area contributed by atoms with Crippen molar-refractivity contribution in [2.75, 3.05) is 11.9 Å². The highest BCUT2D eigenvalue weighted by atomic mass is 79.9. The van der Waals surface area contributed by atoms with Gasteiger partial charge in [0.25, 0.3) is 0 Å². The van der Waals surface area contributed by atoms with Crippen LogP contribution in [0.15, 0.2) is 4.47 Å². The zero-order valence-electron chi connectivity index (χ0n) is 8.82. The molecule has 0 amide bonds. The number of nitrogens with one attached hydrogen (secondary N) is 1. The lowest BCUT2D eigenvalue weighted by Crippen LogP contribution is -2.16. The van der Waals surface area contributed by atoms with Crippen molar-refractivity contribution in [2.24, 2.45) is 0 Å². The van der Waals surface area contributed by atoms with Crippen LogP contribution in [0.1, 0.15) is 18.4 Å². The van der Waals surface area contributed by atoms with Crippen LogP contribution in [0.5, 0.6) is 0 Å². The monoisotopic (exact) mass is 297 g/mol. The van der Waals surface area contributed by atoms with Crippen molar-refractivity contribution in [3.05, 3.63) is 16.0 Å². The maximum atomic E-state index is 12.2. The minimum Gasteiger partial charge on any atom is -0.369 e. The van der Waals surface area contributed by atoms with Gasteiger partial charge in [0, 0.05) is 6.54 Å². The zero-order valence-corrected chi connectivity index (χ0v) is 10.4. The number of hydrogen-bond acceptors (Lipinski definition) is 3. The van der Waals surface area contributed by atoms with Gasteiger partial charge in [-0.25, -0.2) is 9.97 Å². The number of nitrogens with zero attached hydrogens (tertiary/aromatic N) is 2. The zero-order chi connectivity index (χ0) is 12.3. The van der Waals surface area contributed by atoms with Gasteiger partial charge in [0.1, 0.15) is 18.1 Å². The maximum Gasteiger partial charge on any atom is 0.396 e. The normalized spacial score (nSPS) is 11.6. The van der Waals surface area contributed by atoms with Crippen LogP contribution < -0.4 is 5.32 Å². The van der Waals surface area contributed by atoms with Crippen molar-refractivity contribution < 1.29 is 13.2 Å². The highest BCUT2D eigenvalue weighted by molar-refractivity contribution is 9.10. The summed E-state index contributed by atoms with van der Waals surface area (Å²) in [7, 11) is 0. The quantitative estimate of drug-likeness (QED) is 0.932. The van der Waals surface area contributed by atoms with Crippen LogP contribution in [-0.2, 0) is 6.42 Å². The summed E-state index contributed by atoms with van der Waals surface area (Å²) in [5.74, 6) is 0.179. The third-order valence-electron chi connectivity index (χ3n) is 1.77. The second-order valence-corrected chi connectivity index (χ2v) is 4.00. The van der Waals surface area contributed by atoms with E-state index in [-0.39, 0.29) is 5.82 Å². The first-order valence-electron chi connectivity index (χ1n) is 4.67. The lowest BCUT2D eigenvalue weighted by molar-refractivity contribution is -0.128. The fourth-order valence-electron chi connectivity index (χ4n) is 1.16. The summed E-state index contributed by atoms with van der Waals surface area (Å²) in [6.07, 6.45) is -5.40. The molecular weight excluding hydrogens is 287 g/mol. The first-order valence-corrected chi connectivity index (χ1v) is 5.46. The summed E-state index contributed by atoms with van der Waals surface area (Å²) in [6.45, 7) is 4.06. The molecule has 0 atom stereocenters. The van der Waals surface area contributed by atoms with Gasteiger partial charge in [0.05, 0.1) is 10.2 Å². The number of alkyl halides is 3. The van der Waals surface area contributed by atoms with E-state index < -0.39 is 12.6 Å². The number of hydrogen-bond donors (Lipinski definition) is 1. The van der Waals surface area contributed by atoms with Gasteiger partial charge in [-0.3, -0.25) is 0 Å². The molecule has 7 heteroatoms. The van der Waals surface area contributed by atoms with E-state index in [1.54, 1.807) is 6.92 Å². The SMILES string of the molecule is CCNc1nc(CC(F)(F)F)nc(C)c1Br. The van der Waals surface area contributed by atoms with E-state index in [9.17, 15) is 13.2 Å². The Hall–Kier alpha value is -0.850. The van der Waals surface area contributed by atoms with Crippen molar-refractivity contribution in [3.8, 4) is 0 Å². The molecule has 0 saturated carbocycles. The molecule has 0 unspecified atom stereocenters. The van der Waals surface area contributed by atoms with E-state index in [0.29, 0.717) is 22.5 Å². The Kier molecular flexibility index (Phi) is 4.12. The van der Waals surface area contributed by atoms with E-state index in [0.717, 1.165) is 0 Å². The Morgan fingerprint density at radius 2 is 1.94 bits per heavy atom. The standard InChI is InChI=1S/C9H11BrF3N3/c1-3-14-8-7(10)5(2)15-6(16-8)4-9(11,12)13/h3-4H2,1-2H3,(H,14,15,16). The van der Waals surface area contributed by atoms with Gasteiger partial charge in [0.15, 0.2) is 0 Å². The van der Waals surface area contributed by atoms with Gasteiger partial charge in [-0.1, -0.05) is 0 Å². The number of halogens is 4. The molecule has 0 fully saturated rings. The molecular formula is C9H11BrF3N3. The molecule has 0 bridgehead atoms. The topological polar surface area (TPSA) is 37.8 Å². The third-order valence-corrected chi connectivity index (χ3v) is 2.72.